The second kappa shape index (κ2) is 5.64. The largest absolute Gasteiger partial charge is 0.316 e. The molecule has 3 nitrogen and oxygen atoms in total. The molecule has 0 aliphatic heterocycles. The summed E-state index contributed by atoms with van der Waals surface area (Å²) in [4.78, 5) is 0. The van der Waals surface area contributed by atoms with E-state index in [1.54, 1.807) is 0 Å². The topological polar surface area (TPSA) is 40.7 Å². The van der Waals surface area contributed by atoms with Crippen molar-refractivity contribution in [2.24, 2.45) is 0 Å². The number of hydrogen-bond donors (Lipinski definition) is 2. The van der Waals surface area contributed by atoms with E-state index in [2.05, 4.69) is 46.7 Å². The Hall–Kier alpha value is -1.61. The molecular weight excluding hydrogens is 210 g/mol. The highest BCUT2D eigenvalue weighted by molar-refractivity contribution is 5.62. The number of benzene rings is 1. The van der Waals surface area contributed by atoms with Crippen molar-refractivity contribution in [1.82, 2.24) is 15.5 Å². The fourth-order valence-electron chi connectivity index (χ4n) is 2.01. The van der Waals surface area contributed by atoms with Crippen LogP contribution in [-0.2, 0) is 13.0 Å². The van der Waals surface area contributed by atoms with Crippen molar-refractivity contribution in [2.45, 2.75) is 26.3 Å². The first-order chi connectivity index (χ1) is 8.35. The van der Waals surface area contributed by atoms with Gasteiger partial charge >= 0.3 is 0 Å². The first-order valence-electron chi connectivity index (χ1n) is 6.11. The first-order valence-corrected chi connectivity index (χ1v) is 6.11. The molecule has 90 valence electrons. The van der Waals surface area contributed by atoms with Gasteiger partial charge in [-0.3, -0.25) is 5.10 Å². The van der Waals surface area contributed by atoms with Gasteiger partial charge in [-0.15, -0.1) is 0 Å². The minimum Gasteiger partial charge on any atom is -0.316 e. The van der Waals surface area contributed by atoms with Gasteiger partial charge in [-0.05, 0) is 24.6 Å². The Balaban J connectivity index is 2.23. The van der Waals surface area contributed by atoms with Gasteiger partial charge in [0.2, 0.25) is 0 Å². The van der Waals surface area contributed by atoms with E-state index in [-0.39, 0.29) is 0 Å². The molecule has 0 saturated carbocycles. The fourth-order valence-corrected chi connectivity index (χ4v) is 2.01. The molecule has 0 unspecified atom stereocenters. The number of nitrogens with one attached hydrogen (secondary N) is 2. The van der Waals surface area contributed by atoms with Crippen molar-refractivity contribution in [1.29, 1.82) is 0 Å². The fraction of sp³-hybridized carbons (Fsp3) is 0.357. The van der Waals surface area contributed by atoms with Gasteiger partial charge in [-0.1, -0.05) is 37.6 Å². The highest BCUT2D eigenvalue weighted by atomic mass is 15.1. The lowest BCUT2D eigenvalue weighted by Crippen LogP contribution is -2.05. The van der Waals surface area contributed by atoms with Crippen LogP contribution in [0.2, 0.25) is 0 Å². The molecule has 2 rings (SSSR count). The molecule has 2 N–H and O–H groups in total. The summed E-state index contributed by atoms with van der Waals surface area (Å²) in [5, 5.41) is 10.3. The van der Waals surface area contributed by atoms with Gasteiger partial charge in [0, 0.05) is 12.1 Å². The standard InChI is InChI=1S/C14H19N3/c1-3-4-11-5-7-12(8-6-11)14-13(9-15-2)10-16-17-14/h5-8,10,15H,3-4,9H2,1-2H3,(H,16,17). The monoisotopic (exact) mass is 229 g/mol. The van der Waals surface area contributed by atoms with Crippen molar-refractivity contribution in [3.05, 3.63) is 41.6 Å². The van der Waals surface area contributed by atoms with Crippen molar-refractivity contribution >= 4 is 0 Å². The van der Waals surface area contributed by atoms with Crippen LogP contribution in [0.25, 0.3) is 11.3 Å². The summed E-state index contributed by atoms with van der Waals surface area (Å²) < 4.78 is 0. The molecule has 0 spiro atoms. The second-order valence-corrected chi connectivity index (χ2v) is 4.25. The van der Waals surface area contributed by atoms with E-state index in [4.69, 9.17) is 0 Å². The molecule has 1 aromatic heterocycles. The van der Waals surface area contributed by atoms with Gasteiger partial charge < -0.3 is 5.32 Å². The molecule has 17 heavy (non-hydrogen) atoms. The summed E-state index contributed by atoms with van der Waals surface area (Å²) in [5.74, 6) is 0. The Morgan fingerprint density at radius 1 is 1.24 bits per heavy atom. The van der Waals surface area contributed by atoms with Gasteiger partial charge in [0.15, 0.2) is 0 Å². The smallest absolute Gasteiger partial charge is 0.0695 e. The Kier molecular flexibility index (Phi) is 3.94. The lowest BCUT2D eigenvalue weighted by Gasteiger charge is -2.04. The van der Waals surface area contributed by atoms with Gasteiger partial charge in [0.05, 0.1) is 11.9 Å². The molecule has 0 bridgehead atoms. The highest BCUT2D eigenvalue weighted by Gasteiger charge is 2.06. The van der Waals surface area contributed by atoms with Crippen molar-refractivity contribution < 1.29 is 0 Å². The number of hydrogen-bond acceptors (Lipinski definition) is 2. The predicted octanol–water partition coefficient (Wildman–Crippen LogP) is 2.75. The summed E-state index contributed by atoms with van der Waals surface area (Å²) in [5.41, 5.74) is 4.91. The molecule has 0 fully saturated rings. The minimum atomic E-state index is 0.836. The molecule has 0 aliphatic carbocycles. The average molecular weight is 229 g/mol. The SMILES string of the molecule is CCCc1ccc(-c2[nH]ncc2CNC)cc1. The van der Waals surface area contributed by atoms with E-state index in [1.165, 1.54) is 23.1 Å². The molecule has 1 aromatic carbocycles. The second-order valence-electron chi connectivity index (χ2n) is 4.25. The van der Waals surface area contributed by atoms with E-state index in [1.807, 2.05) is 13.2 Å². The summed E-state index contributed by atoms with van der Waals surface area (Å²) in [6, 6.07) is 8.72. The Morgan fingerprint density at radius 2 is 2.00 bits per heavy atom. The van der Waals surface area contributed by atoms with Gasteiger partial charge in [0.25, 0.3) is 0 Å². The van der Waals surface area contributed by atoms with Crippen LogP contribution in [0.1, 0.15) is 24.5 Å². The molecule has 3 heteroatoms. The Morgan fingerprint density at radius 3 is 2.65 bits per heavy atom. The third kappa shape index (κ3) is 2.74. The average Bonchev–Trinajstić information content (AvgIpc) is 2.79. The zero-order chi connectivity index (χ0) is 12.1. The molecule has 0 atom stereocenters. The van der Waals surface area contributed by atoms with E-state index in [0.29, 0.717) is 0 Å². The number of aromatic nitrogens is 2. The van der Waals surface area contributed by atoms with Crippen LogP contribution >= 0.6 is 0 Å². The number of aryl methyl sites for hydroxylation is 1. The van der Waals surface area contributed by atoms with Crippen LogP contribution in [0, 0.1) is 0 Å². The molecular formula is C14H19N3. The van der Waals surface area contributed by atoms with E-state index >= 15 is 0 Å². The van der Waals surface area contributed by atoms with Crippen LogP contribution in [-0.4, -0.2) is 17.2 Å². The van der Waals surface area contributed by atoms with E-state index in [9.17, 15) is 0 Å². The molecule has 0 amide bonds. The quantitative estimate of drug-likeness (QED) is 0.827. The van der Waals surface area contributed by atoms with Crippen LogP contribution in [0.4, 0.5) is 0 Å². The number of nitrogens with zero attached hydrogens (tertiary/aromatic N) is 1. The van der Waals surface area contributed by atoms with Crippen molar-refractivity contribution in [2.75, 3.05) is 7.05 Å². The molecule has 0 saturated heterocycles. The minimum absolute atomic E-state index is 0.836. The lowest BCUT2D eigenvalue weighted by atomic mass is 10.0. The number of H-pyrrole nitrogens is 1. The Labute approximate surface area is 102 Å². The summed E-state index contributed by atoms with van der Waals surface area (Å²) in [7, 11) is 1.95. The summed E-state index contributed by atoms with van der Waals surface area (Å²) >= 11 is 0. The van der Waals surface area contributed by atoms with Crippen LogP contribution in [0.15, 0.2) is 30.5 Å². The number of rotatable bonds is 5. The number of aromatic amines is 1. The normalized spacial score (nSPS) is 10.7. The molecule has 1 heterocycles. The first kappa shape index (κ1) is 11.9. The van der Waals surface area contributed by atoms with Gasteiger partial charge in [0.1, 0.15) is 0 Å². The van der Waals surface area contributed by atoms with Gasteiger partial charge in [-0.2, -0.15) is 5.10 Å². The van der Waals surface area contributed by atoms with Gasteiger partial charge in [-0.25, -0.2) is 0 Å². The van der Waals surface area contributed by atoms with Crippen molar-refractivity contribution in [3.8, 4) is 11.3 Å². The lowest BCUT2D eigenvalue weighted by molar-refractivity contribution is 0.820. The zero-order valence-electron chi connectivity index (χ0n) is 10.5. The van der Waals surface area contributed by atoms with E-state index < -0.39 is 0 Å². The van der Waals surface area contributed by atoms with E-state index in [0.717, 1.165) is 18.7 Å². The third-order valence-corrected chi connectivity index (χ3v) is 2.87. The van der Waals surface area contributed by atoms with Crippen LogP contribution in [0.3, 0.4) is 0 Å². The predicted molar refractivity (Wildman–Crippen MR) is 70.8 cm³/mol. The molecule has 0 radical (unpaired) electrons. The summed E-state index contributed by atoms with van der Waals surface area (Å²) in [6.07, 6.45) is 4.22. The van der Waals surface area contributed by atoms with Crippen molar-refractivity contribution in [3.63, 3.8) is 0 Å². The zero-order valence-corrected chi connectivity index (χ0v) is 10.5. The molecule has 2 aromatic rings. The van der Waals surface area contributed by atoms with Crippen LogP contribution in [0.5, 0.6) is 0 Å². The van der Waals surface area contributed by atoms with Crippen LogP contribution < -0.4 is 5.32 Å². The Bertz CT molecular complexity index is 457. The molecule has 0 aliphatic rings. The maximum Gasteiger partial charge on any atom is 0.0695 e. The maximum absolute atomic E-state index is 4.11. The third-order valence-electron chi connectivity index (χ3n) is 2.87. The summed E-state index contributed by atoms with van der Waals surface area (Å²) in [6.45, 7) is 3.04. The maximum atomic E-state index is 4.11. The highest BCUT2D eigenvalue weighted by Crippen LogP contribution is 2.21.